The average Bonchev–Trinajstić information content (AvgIpc) is 2.47. The van der Waals surface area contributed by atoms with Gasteiger partial charge in [0.05, 0.1) is 6.04 Å². The molecule has 2 nitrogen and oxygen atoms in total. The monoisotopic (exact) mass is 188 g/mol. The molecule has 0 bridgehead atoms. The molecule has 0 atom stereocenters. The molecule has 0 amide bonds. The van der Waals surface area contributed by atoms with Crippen molar-refractivity contribution < 1.29 is 0 Å². The maximum atomic E-state index is 3.35. The predicted octanol–water partition coefficient (Wildman–Crippen LogP) is 1.33. The van der Waals surface area contributed by atoms with Crippen molar-refractivity contribution in [3.8, 4) is 0 Å². The van der Waals surface area contributed by atoms with E-state index in [9.17, 15) is 0 Å². The smallest absolute Gasteiger partial charge is 0.0539 e. The lowest BCUT2D eigenvalue weighted by Crippen LogP contribution is -2.57. The van der Waals surface area contributed by atoms with Gasteiger partial charge in [-0.3, -0.25) is 0 Å². The molecule has 2 aliphatic heterocycles. The number of hydrogen-bond donors (Lipinski definition) is 1. The lowest BCUT2D eigenvalue weighted by Gasteiger charge is -2.38. The molecule has 2 heteroatoms. The fraction of sp³-hybridized carbons (Fsp3) is 0.500. The summed E-state index contributed by atoms with van der Waals surface area (Å²) in [5.41, 5.74) is 4.49. The SMILES string of the molecule is Cc1cccc2c1N(C1CNC1)CC2. The Morgan fingerprint density at radius 1 is 1.36 bits per heavy atom. The summed E-state index contributed by atoms with van der Waals surface area (Å²) in [4.78, 5) is 2.58. The van der Waals surface area contributed by atoms with E-state index in [2.05, 4.69) is 35.3 Å². The minimum absolute atomic E-state index is 0.748. The van der Waals surface area contributed by atoms with Crippen LogP contribution in [0.3, 0.4) is 0 Å². The van der Waals surface area contributed by atoms with E-state index in [0.717, 1.165) is 19.1 Å². The summed E-state index contributed by atoms with van der Waals surface area (Å²) >= 11 is 0. The van der Waals surface area contributed by atoms with Crippen LogP contribution in [-0.4, -0.2) is 25.7 Å². The lowest BCUT2D eigenvalue weighted by atomic mass is 10.1. The first-order chi connectivity index (χ1) is 6.86. The van der Waals surface area contributed by atoms with Crippen molar-refractivity contribution in [2.75, 3.05) is 24.5 Å². The zero-order chi connectivity index (χ0) is 9.54. The lowest BCUT2D eigenvalue weighted by molar-refractivity contribution is 0.419. The van der Waals surface area contributed by atoms with Crippen molar-refractivity contribution in [2.24, 2.45) is 0 Å². The van der Waals surface area contributed by atoms with Crippen molar-refractivity contribution in [2.45, 2.75) is 19.4 Å². The number of aryl methyl sites for hydroxylation is 1. The number of benzene rings is 1. The van der Waals surface area contributed by atoms with Crippen LogP contribution < -0.4 is 10.2 Å². The molecule has 74 valence electrons. The predicted molar refractivity (Wildman–Crippen MR) is 58.9 cm³/mol. The summed E-state index contributed by atoms with van der Waals surface area (Å²) < 4.78 is 0. The molecule has 1 aromatic carbocycles. The van der Waals surface area contributed by atoms with Crippen molar-refractivity contribution in [1.29, 1.82) is 0 Å². The third-order valence-corrected chi connectivity index (χ3v) is 3.43. The summed E-state index contributed by atoms with van der Waals surface area (Å²) in [6, 6.07) is 7.42. The van der Waals surface area contributed by atoms with E-state index < -0.39 is 0 Å². The highest BCUT2D eigenvalue weighted by molar-refractivity contribution is 5.64. The Bertz CT molecular complexity index is 355. The summed E-state index contributed by atoms with van der Waals surface area (Å²) in [6.07, 6.45) is 1.23. The van der Waals surface area contributed by atoms with Crippen LogP contribution in [-0.2, 0) is 6.42 Å². The minimum atomic E-state index is 0.748. The molecule has 14 heavy (non-hydrogen) atoms. The van der Waals surface area contributed by atoms with Gasteiger partial charge in [0.25, 0.3) is 0 Å². The second kappa shape index (κ2) is 2.99. The van der Waals surface area contributed by atoms with Gasteiger partial charge in [0.1, 0.15) is 0 Å². The number of fused-ring (bicyclic) bond motifs is 1. The van der Waals surface area contributed by atoms with Gasteiger partial charge in [0.15, 0.2) is 0 Å². The van der Waals surface area contributed by atoms with E-state index in [0.29, 0.717) is 0 Å². The molecule has 1 N–H and O–H groups in total. The van der Waals surface area contributed by atoms with Crippen LogP contribution in [0.1, 0.15) is 11.1 Å². The number of nitrogens with one attached hydrogen (secondary N) is 1. The first-order valence-corrected chi connectivity index (χ1v) is 5.42. The summed E-state index contributed by atoms with van der Waals surface area (Å²) in [6.45, 7) is 5.76. The fourth-order valence-corrected chi connectivity index (χ4v) is 2.54. The number of anilines is 1. The Kier molecular flexibility index (Phi) is 1.77. The molecule has 0 aliphatic carbocycles. The highest BCUT2D eigenvalue weighted by atomic mass is 15.2. The number of rotatable bonds is 1. The largest absolute Gasteiger partial charge is 0.365 e. The Hall–Kier alpha value is -1.02. The molecule has 1 aromatic rings. The van der Waals surface area contributed by atoms with Crippen LogP contribution in [0.5, 0.6) is 0 Å². The van der Waals surface area contributed by atoms with E-state index in [1.165, 1.54) is 29.8 Å². The van der Waals surface area contributed by atoms with Crippen molar-refractivity contribution in [1.82, 2.24) is 5.32 Å². The summed E-state index contributed by atoms with van der Waals surface area (Å²) in [5.74, 6) is 0. The summed E-state index contributed by atoms with van der Waals surface area (Å²) in [7, 11) is 0. The molecule has 1 saturated heterocycles. The molecule has 2 heterocycles. The molecule has 0 aromatic heterocycles. The number of para-hydroxylation sites is 1. The number of nitrogens with zero attached hydrogens (tertiary/aromatic N) is 1. The zero-order valence-electron chi connectivity index (χ0n) is 8.59. The van der Waals surface area contributed by atoms with Crippen LogP contribution in [0.4, 0.5) is 5.69 Å². The highest BCUT2D eigenvalue weighted by Crippen LogP contribution is 2.33. The van der Waals surface area contributed by atoms with Gasteiger partial charge < -0.3 is 10.2 Å². The maximum absolute atomic E-state index is 3.35. The number of hydrogen-bond acceptors (Lipinski definition) is 2. The molecule has 0 saturated carbocycles. The third-order valence-electron chi connectivity index (χ3n) is 3.43. The first-order valence-electron chi connectivity index (χ1n) is 5.42. The molecule has 0 unspecified atom stereocenters. The van der Waals surface area contributed by atoms with Crippen LogP contribution in [0.25, 0.3) is 0 Å². The van der Waals surface area contributed by atoms with Crippen molar-refractivity contribution in [3.05, 3.63) is 29.3 Å². The van der Waals surface area contributed by atoms with E-state index >= 15 is 0 Å². The van der Waals surface area contributed by atoms with Gasteiger partial charge in [0.2, 0.25) is 0 Å². The van der Waals surface area contributed by atoms with Crippen LogP contribution in [0.2, 0.25) is 0 Å². The van der Waals surface area contributed by atoms with Gasteiger partial charge in [0, 0.05) is 25.3 Å². The molecule has 2 aliphatic rings. The Labute approximate surface area is 84.9 Å². The highest BCUT2D eigenvalue weighted by Gasteiger charge is 2.30. The Balaban J connectivity index is 1.99. The third kappa shape index (κ3) is 1.07. The Morgan fingerprint density at radius 3 is 2.93 bits per heavy atom. The Morgan fingerprint density at radius 2 is 2.21 bits per heavy atom. The first kappa shape index (κ1) is 8.30. The van der Waals surface area contributed by atoms with Crippen molar-refractivity contribution >= 4 is 5.69 Å². The standard InChI is InChI=1S/C12H16N2/c1-9-3-2-4-10-5-6-14(12(9)10)11-7-13-8-11/h2-4,11,13H,5-8H2,1H3. The van der Waals surface area contributed by atoms with E-state index in [4.69, 9.17) is 0 Å². The van der Waals surface area contributed by atoms with Gasteiger partial charge in [-0.05, 0) is 24.5 Å². The minimum Gasteiger partial charge on any atom is -0.365 e. The quantitative estimate of drug-likeness (QED) is 0.715. The van der Waals surface area contributed by atoms with Crippen LogP contribution in [0, 0.1) is 6.92 Å². The zero-order valence-corrected chi connectivity index (χ0v) is 8.59. The fourth-order valence-electron chi connectivity index (χ4n) is 2.54. The molecular formula is C12H16N2. The second-order valence-electron chi connectivity index (χ2n) is 4.34. The molecule has 0 spiro atoms. The molecule has 1 fully saturated rings. The van der Waals surface area contributed by atoms with Gasteiger partial charge in [-0.25, -0.2) is 0 Å². The second-order valence-corrected chi connectivity index (χ2v) is 4.34. The molecule has 0 radical (unpaired) electrons. The normalized spacial score (nSPS) is 20.8. The van der Waals surface area contributed by atoms with E-state index in [1.54, 1.807) is 0 Å². The maximum Gasteiger partial charge on any atom is 0.0539 e. The van der Waals surface area contributed by atoms with Gasteiger partial charge in [-0.2, -0.15) is 0 Å². The topological polar surface area (TPSA) is 15.3 Å². The van der Waals surface area contributed by atoms with E-state index in [-0.39, 0.29) is 0 Å². The van der Waals surface area contributed by atoms with Crippen LogP contribution in [0.15, 0.2) is 18.2 Å². The van der Waals surface area contributed by atoms with Crippen LogP contribution >= 0.6 is 0 Å². The van der Waals surface area contributed by atoms with Gasteiger partial charge >= 0.3 is 0 Å². The van der Waals surface area contributed by atoms with Gasteiger partial charge in [-0.15, -0.1) is 0 Å². The van der Waals surface area contributed by atoms with E-state index in [1.807, 2.05) is 0 Å². The average molecular weight is 188 g/mol. The van der Waals surface area contributed by atoms with Crippen molar-refractivity contribution in [3.63, 3.8) is 0 Å². The molecular weight excluding hydrogens is 172 g/mol. The molecule has 3 rings (SSSR count). The van der Waals surface area contributed by atoms with Gasteiger partial charge in [-0.1, -0.05) is 18.2 Å². The summed E-state index contributed by atoms with van der Waals surface area (Å²) in [5, 5.41) is 3.35.